The minimum atomic E-state index is 0.383. The number of hydrogen-bond donors (Lipinski definition) is 1. The molecule has 0 saturated heterocycles. The average Bonchev–Trinajstić information content (AvgIpc) is 1.85. The van der Waals surface area contributed by atoms with Crippen LogP contribution in [-0.4, -0.2) is 4.62 Å². The Hall–Kier alpha value is 0.110. The maximum Gasteiger partial charge on any atom is 0.0967 e. The van der Waals surface area contributed by atoms with Crippen molar-refractivity contribution in [1.29, 1.82) is 5.41 Å². The standard InChI is InChI=1S/C7H9Br2N/c1-2-3-6(8)4-5-7(9)10/h3-5,10H,2H2,1H3/b5-4-,6-3+,10-7?. The van der Waals surface area contributed by atoms with Crippen molar-refractivity contribution in [2.24, 2.45) is 0 Å². The van der Waals surface area contributed by atoms with Gasteiger partial charge in [-0.25, -0.2) is 0 Å². The third-order valence-electron chi connectivity index (χ3n) is 0.788. The zero-order chi connectivity index (χ0) is 7.98. The van der Waals surface area contributed by atoms with Crippen LogP contribution in [0, 0.1) is 5.41 Å². The molecule has 0 aliphatic heterocycles. The Bertz CT molecular complexity index is 170. The Morgan fingerprint density at radius 1 is 1.40 bits per heavy atom. The largest absolute Gasteiger partial charge is 0.293 e. The second kappa shape index (κ2) is 5.86. The summed E-state index contributed by atoms with van der Waals surface area (Å²) in [6.45, 7) is 2.06. The van der Waals surface area contributed by atoms with Crippen LogP contribution >= 0.6 is 31.9 Å². The van der Waals surface area contributed by atoms with Gasteiger partial charge in [-0.05, 0) is 34.5 Å². The zero-order valence-corrected chi connectivity index (χ0v) is 8.87. The molecule has 0 heterocycles. The van der Waals surface area contributed by atoms with Crippen LogP contribution in [0.1, 0.15) is 13.3 Å². The molecule has 0 radical (unpaired) electrons. The first-order valence-corrected chi connectivity index (χ1v) is 4.53. The SMILES string of the molecule is CC/C=C(Br)\C=C/C(=N)Br. The first kappa shape index (κ1) is 10.1. The third kappa shape index (κ3) is 6.23. The molecule has 1 N–H and O–H groups in total. The Balaban J connectivity index is 3.89. The van der Waals surface area contributed by atoms with Crippen LogP contribution in [0.5, 0.6) is 0 Å². The van der Waals surface area contributed by atoms with Gasteiger partial charge < -0.3 is 0 Å². The summed E-state index contributed by atoms with van der Waals surface area (Å²) in [5, 5.41) is 7.00. The van der Waals surface area contributed by atoms with E-state index in [0.717, 1.165) is 10.9 Å². The number of nitrogens with one attached hydrogen (secondary N) is 1. The summed E-state index contributed by atoms with van der Waals surface area (Å²) in [5.74, 6) is 0. The molecule has 3 heteroatoms. The average molecular weight is 267 g/mol. The lowest BCUT2D eigenvalue weighted by atomic mass is 10.4. The predicted molar refractivity (Wildman–Crippen MR) is 53.1 cm³/mol. The quantitative estimate of drug-likeness (QED) is 0.596. The van der Waals surface area contributed by atoms with Gasteiger partial charge in [0.15, 0.2) is 0 Å². The van der Waals surface area contributed by atoms with E-state index in [1.54, 1.807) is 6.08 Å². The van der Waals surface area contributed by atoms with Gasteiger partial charge in [0.05, 0.1) is 4.62 Å². The molecule has 0 spiro atoms. The van der Waals surface area contributed by atoms with Crippen molar-refractivity contribution in [1.82, 2.24) is 0 Å². The Morgan fingerprint density at radius 2 is 2.00 bits per heavy atom. The van der Waals surface area contributed by atoms with Gasteiger partial charge in [0.25, 0.3) is 0 Å². The van der Waals surface area contributed by atoms with E-state index in [9.17, 15) is 0 Å². The summed E-state index contributed by atoms with van der Waals surface area (Å²) in [7, 11) is 0. The van der Waals surface area contributed by atoms with Crippen LogP contribution in [-0.2, 0) is 0 Å². The third-order valence-corrected chi connectivity index (χ3v) is 1.64. The topological polar surface area (TPSA) is 23.9 Å². The van der Waals surface area contributed by atoms with Gasteiger partial charge in [-0.15, -0.1) is 0 Å². The van der Waals surface area contributed by atoms with Crippen molar-refractivity contribution in [2.45, 2.75) is 13.3 Å². The molecule has 0 bridgehead atoms. The molecular weight excluding hydrogens is 258 g/mol. The van der Waals surface area contributed by atoms with E-state index in [0.29, 0.717) is 4.62 Å². The van der Waals surface area contributed by atoms with Gasteiger partial charge in [0.2, 0.25) is 0 Å². The molecule has 0 aromatic heterocycles. The molecule has 0 aromatic carbocycles. The fourth-order valence-electron chi connectivity index (χ4n) is 0.416. The molecule has 56 valence electrons. The van der Waals surface area contributed by atoms with E-state index < -0.39 is 0 Å². The van der Waals surface area contributed by atoms with Gasteiger partial charge in [-0.1, -0.05) is 28.9 Å². The van der Waals surface area contributed by atoms with E-state index in [-0.39, 0.29) is 0 Å². The van der Waals surface area contributed by atoms with E-state index in [1.807, 2.05) is 12.2 Å². The van der Waals surface area contributed by atoms with Crippen LogP contribution < -0.4 is 0 Å². The highest BCUT2D eigenvalue weighted by Gasteiger charge is 1.82. The first-order valence-electron chi connectivity index (χ1n) is 2.94. The van der Waals surface area contributed by atoms with Crippen LogP contribution in [0.25, 0.3) is 0 Å². The Morgan fingerprint density at radius 3 is 2.40 bits per heavy atom. The Labute approximate surface area is 78.0 Å². The number of allylic oxidation sites excluding steroid dienone is 4. The van der Waals surface area contributed by atoms with E-state index in [1.165, 1.54) is 0 Å². The van der Waals surface area contributed by atoms with Crippen molar-refractivity contribution < 1.29 is 0 Å². The van der Waals surface area contributed by atoms with Gasteiger partial charge in [-0.2, -0.15) is 0 Å². The molecule has 0 amide bonds. The highest BCUT2D eigenvalue weighted by atomic mass is 79.9. The van der Waals surface area contributed by atoms with Gasteiger partial charge in [-0.3, -0.25) is 5.41 Å². The minimum absolute atomic E-state index is 0.383. The normalized spacial score (nSPS) is 12.5. The number of rotatable bonds is 3. The minimum Gasteiger partial charge on any atom is -0.293 e. The van der Waals surface area contributed by atoms with Crippen molar-refractivity contribution in [3.05, 3.63) is 22.7 Å². The van der Waals surface area contributed by atoms with Crippen LogP contribution in [0.2, 0.25) is 0 Å². The second-order valence-corrected chi connectivity index (χ2v) is 3.45. The van der Waals surface area contributed by atoms with Crippen molar-refractivity contribution in [3.63, 3.8) is 0 Å². The maximum atomic E-state index is 7.00. The molecule has 0 unspecified atom stereocenters. The molecule has 0 fully saturated rings. The van der Waals surface area contributed by atoms with Gasteiger partial charge >= 0.3 is 0 Å². The van der Waals surface area contributed by atoms with Gasteiger partial charge in [0.1, 0.15) is 0 Å². The van der Waals surface area contributed by atoms with E-state index in [4.69, 9.17) is 5.41 Å². The highest BCUT2D eigenvalue weighted by Crippen LogP contribution is 2.07. The summed E-state index contributed by atoms with van der Waals surface area (Å²) >= 11 is 6.33. The first-order chi connectivity index (χ1) is 4.66. The van der Waals surface area contributed by atoms with Crippen LogP contribution in [0.4, 0.5) is 0 Å². The predicted octanol–water partition coefficient (Wildman–Crippen LogP) is 3.60. The smallest absolute Gasteiger partial charge is 0.0967 e. The molecule has 0 aliphatic carbocycles. The maximum absolute atomic E-state index is 7.00. The molecule has 0 atom stereocenters. The summed E-state index contributed by atoms with van der Waals surface area (Å²) in [4.78, 5) is 0. The monoisotopic (exact) mass is 265 g/mol. The molecule has 10 heavy (non-hydrogen) atoms. The van der Waals surface area contributed by atoms with Crippen LogP contribution in [0.15, 0.2) is 22.7 Å². The number of hydrogen-bond acceptors (Lipinski definition) is 1. The molecule has 0 aliphatic rings. The lowest BCUT2D eigenvalue weighted by Crippen LogP contribution is -1.71. The lowest BCUT2D eigenvalue weighted by molar-refractivity contribution is 1.22. The molecule has 1 nitrogen and oxygen atoms in total. The van der Waals surface area contributed by atoms with E-state index >= 15 is 0 Å². The molecule has 0 saturated carbocycles. The fourth-order valence-corrected chi connectivity index (χ4v) is 1.00. The Kier molecular flexibility index (Phi) is 5.93. The highest BCUT2D eigenvalue weighted by molar-refractivity contribution is 9.18. The second-order valence-electron chi connectivity index (χ2n) is 1.68. The van der Waals surface area contributed by atoms with E-state index in [2.05, 4.69) is 38.8 Å². The summed E-state index contributed by atoms with van der Waals surface area (Å²) < 4.78 is 1.40. The summed E-state index contributed by atoms with van der Waals surface area (Å²) in [5.41, 5.74) is 0. The molecule has 0 rings (SSSR count). The fraction of sp³-hybridized carbons (Fsp3) is 0.286. The summed E-state index contributed by atoms with van der Waals surface area (Å²) in [6, 6.07) is 0. The summed E-state index contributed by atoms with van der Waals surface area (Å²) in [6.07, 6.45) is 6.55. The molecular formula is C7H9Br2N. The van der Waals surface area contributed by atoms with Gasteiger partial charge in [0, 0.05) is 4.48 Å². The molecule has 0 aromatic rings. The number of halogens is 2. The van der Waals surface area contributed by atoms with Crippen molar-refractivity contribution in [3.8, 4) is 0 Å². The van der Waals surface area contributed by atoms with Crippen molar-refractivity contribution >= 4 is 36.5 Å². The lowest BCUT2D eigenvalue weighted by Gasteiger charge is -1.85. The van der Waals surface area contributed by atoms with Crippen LogP contribution in [0.3, 0.4) is 0 Å². The van der Waals surface area contributed by atoms with Crippen molar-refractivity contribution in [2.75, 3.05) is 0 Å². The zero-order valence-electron chi connectivity index (χ0n) is 5.70.